The average Bonchev–Trinajstić information content (AvgIpc) is 3.04. The SMILES string of the molecule is Nc1nc(N)c2c([nH]1)c(I)c(-c1ccc(CC(=O)O)cc1)c1nccc12. The van der Waals surface area contributed by atoms with E-state index in [0.717, 1.165) is 42.1 Å². The quantitative estimate of drug-likeness (QED) is 0.348. The number of H-pyrrole nitrogens is 1. The van der Waals surface area contributed by atoms with Gasteiger partial charge in [0.05, 0.1) is 22.8 Å². The molecule has 8 heteroatoms. The number of halogens is 1. The Morgan fingerprint density at radius 2 is 1.92 bits per heavy atom. The first-order valence-corrected chi connectivity index (χ1v) is 8.85. The maximum atomic E-state index is 10.9. The zero-order chi connectivity index (χ0) is 18.4. The van der Waals surface area contributed by atoms with Crippen molar-refractivity contribution in [3.63, 3.8) is 0 Å². The summed E-state index contributed by atoms with van der Waals surface area (Å²) in [4.78, 5) is 22.6. The van der Waals surface area contributed by atoms with Crippen molar-refractivity contribution in [3.8, 4) is 11.1 Å². The van der Waals surface area contributed by atoms with E-state index in [1.807, 2.05) is 30.3 Å². The highest BCUT2D eigenvalue weighted by atomic mass is 127. The van der Waals surface area contributed by atoms with Crippen molar-refractivity contribution >= 4 is 62.1 Å². The third kappa shape index (κ3) is 2.62. The number of aromatic nitrogens is 3. The molecule has 0 amide bonds. The summed E-state index contributed by atoms with van der Waals surface area (Å²) in [6.45, 7) is 0. The van der Waals surface area contributed by atoms with Crippen molar-refractivity contribution in [1.29, 1.82) is 0 Å². The zero-order valence-corrected chi connectivity index (χ0v) is 15.6. The number of nitrogens with two attached hydrogens (primary N) is 2. The minimum absolute atomic E-state index is 0.00829. The summed E-state index contributed by atoms with van der Waals surface area (Å²) in [5.74, 6) is -0.253. The second-order valence-corrected chi connectivity index (χ2v) is 7.00. The van der Waals surface area contributed by atoms with Crippen LogP contribution in [0.15, 0.2) is 36.5 Å². The summed E-state index contributed by atoms with van der Waals surface area (Å²) in [5, 5.41) is 10.6. The number of rotatable bonds is 3. The number of carboxylic acid groups (broad SMARTS) is 1. The van der Waals surface area contributed by atoms with E-state index in [1.54, 1.807) is 6.20 Å². The largest absolute Gasteiger partial charge is 0.481 e. The van der Waals surface area contributed by atoms with Crippen LogP contribution in [0.2, 0.25) is 0 Å². The fraction of sp³-hybridized carbons (Fsp3) is 0.0556. The monoisotopic (exact) mass is 459 g/mol. The van der Waals surface area contributed by atoms with Gasteiger partial charge in [0.2, 0.25) is 0 Å². The molecule has 2 aromatic heterocycles. The van der Waals surface area contributed by atoms with Gasteiger partial charge in [-0.2, -0.15) is 4.98 Å². The van der Waals surface area contributed by atoms with Crippen LogP contribution in [0.25, 0.3) is 32.9 Å². The molecule has 0 unspecified atom stereocenters. The van der Waals surface area contributed by atoms with Gasteiger partial charge in [-0.3, -0.25) is 9.78 Å². The molecule has 6 N–H and O–H groups in total. The second-order valence-electron chi connectivity index (χ2n) is 5.92. The Balaban J connectivity index is 2.01. The molecule has 0 radical (unpaired) electrons. The molecule has 0 bridgehead atoms. The van der Waals surface area contributed by atoms with Gasteiger partial charge in [-0.15, -0.1) is 0 Å². The molecule has 0 fully saturated rings. The van der Waals surface area contributed by atoms with Crippen LogP contribution in [0.3, 0.4) is 0 Å². The number of carboxylic acids is 1. The Morgan fingerprint density at radius 1 is 1.19 bits per heavy atom. The van der Waals surface area contributed by atoms with Gasteiger partial charge in [0.15, 0.2) is 5.95 Å². The molecule has 4 aromatic rings. The van der Waals surface area contributed by atoms with Crippen LogP contribution < -0.4 is 11.5 Å². The van der Waals surface area contributed by atoms with Gasteiger partial charge in [0.1, 0.15) is 5.82 Å². The first-order valence-electron chi connectivity index (χ1n) is 7.77. The first-order chi connectivity index (χ1) is 12.5. The van der Waals surface area contributed by atoms with Crippen LogP contribution in [0.4, 0.5) is 11.8 Å². The van der Waals surface area contributed by atoms with E-state index in [2.05, 4.69) is 37.5 Å². The molecular formula is C18H14IN5O2. The summed E-state index contributed by atoms with van der Waals surface area (Å²) in [6.07, 6.45) is 1.73. The van der Waals surface area contributed by atoms with Gasteiger partial charge in [0.25, 0.3) is 0 Å². The number of nitrogen functional groups attached to an aromatic ring is 2. The molecule has 2 heterocycles. The molecule has 4 rings (SSSR count). The predicted octanol–water partition coefficient (Wildman–Crippen LogP) is 3.17. The first kappa shape index (κ1) is 16.6. The Morgan fingerprint density at radius 3 is 2.62 bits per heavy atom. The van der Waals surface area contributed by atoms with Crippen molar-refractivity contribution in [1.82, 2.24) is 15.0 Å². The van der Waals surface area contributed by atoms with Crippen LogP contribution in [-0.4, -0.2) is 26.0 Å². The molecular weight excluding hydrogens is 445 g/mol. The number of nitrogens with one attached hydrogen (secondary N) is 1. The number of anilines is 2. The number of nitrogens with zero attached hydrogens (tertiary/aromatic N) is 2. The molecule has 26 heavy (non-hydrogen) atoms. The highest BCUT2D eigenvalue weighted by Crippen LogP contribution is 2.40. The van der Waals surface area contributed by atoms with E-state index in [4.69, 9.17) is 16.6 Å². The summed E-state index contributed by atoms with van der Waals surface area (Å²) in [5.41, 5.74) is 16.2. The molecule has 0 aliphatic heterocycles. The van der Waals surface area contributed by atoms with Crippen molar-refractivity contribution < 1.29 is 9.90 Å². The molecule has 0 saturated heterocycles. The Labute approximate surface area is 161 Å². The van der Waals surface area contributed by atoms with Crippen molar-refractivity contribution in [2.45, 2.75) is 6.42 Å². The number of hydrogen-bond donors (Lipinski definition) is 4. The van der Waals surface area contributed by atoms with Crippen LogP contribution in [0.5, 0.6) is 0 Å². The van der Waals surface area contributed by atoms with Crippen LogP contribution in [-0.2, 0) is 11.2 Å². The van der Waals surface area contributed by atoms with Crippen LogP contribution in [0, 0.1) is 3.57 Å². The smallest absolute Gasteiger partial charge is 0.307 e. The third-order valence-electron chi connectivity index (χ3n) is 4.24. The molecule has 0 saturated carbocycles. The second kappa shape index (κ2) is 6.13. The molecule has 0 atom stereocenters. The molecule has 7 nitrogen and oxygen atoms in total. The fourth-order valence-electron chi connectivity index (χ4n) is 3.16. The van der Waals surface area contributed by atoms with Gasteiger partial charge < -0.3 is 21.6 Å². The minimum Gasteiger partial charge on any atom is -0.481 e. The minimum atomic E-state index is -0.855. The van der Waals surface area contributed by atoms with E-state index < -0.39 is 5.97 Å². The lowest BCUT2D eigenvalue weighted by Crippen LogP contribution is -2.03. The van der Waals surface area contributed by atoms with E-state index in [-0.39, 0.29) is 12.4 Å². The Kier molecular flexibility index (Phi) is 3.91. The standard InChI is InChI=1S/C18H14IN5O2/c19-14-12(9-3-1-8(2-4-9)7-11(25)26)15-10(5-6-22-15)13-16(14)23-18(21)24-17(13)20/h1-6H,7,20H2,(H,25,26)(H3,21,23,24). The molecule has 0 aliphatic carbocycles. The van der Waals surface area contributed by atoms with Gasteiger partial charge >= 0.3 is 5.97 Å². The maximum absolute atomic E-state index is 10.9. The fourth-order valence-corrected chi connectivity index (χ4v) is 4.13. The van der Waals surface area contributed by atoms with Gasteiger partial charge in [-0.25, -0.2) is 0 Å². The van der Waals surface area contributed by atoms with E-state index in [9.17, 15) is 4.79 Å². The van der Waals surface area contributed by atoms with Gasteiger partial charge in [-0.05, 0) is 39.8 Å². The molecule has 2 aromatic carbocycles. The van der Waals surface area contributed by atoms with E-state index in [0.29, 0.717) is 5.82 Å². The summed E-state index contributed by atoms with van der Waals surface area (Å²) >= 11 is 2.25. The summed E-state index contributed by atoms with van der Waals surface area (Å²) < 4.78 is 0.926. The van der Waals surface area contributed by atoms with E-state index >= 15 is 0 Å². The van der Waals surface area contributed by atoms with Crippen molar-refractivity contribution in [2.75, 3.05) is 11.5 Å². The summed E-state index contributed by atoms with van der Waals surface area (Å²) in [6, 6.07) is 9.35. The van der Waals surface area contributed by atoms with Gasteiger partial charge in [-0.1, -0.05) is 24.3 Å². The zero-order valence-electron chi connectivity index (χ0n) is 13.5. The number of aliphatic carboxylic acids is 1. The molecule has 0 spiro atoms. The lowest BCUT2D eigenvalue weighted by molar-refractivity contribution is -0.136. The van der Waals surface area contributed by atoms with Gasteiger partial charge in [0, 0.05) is 20.7 Å². The molecule has 130 valence electrons. The topological polar surface area (TPSA) is 131 Å². The highest BCUT2D eigenvalue weighted by molar-refractivity contribution is 14.1. The van der Waals surface area contributed by atoms with Crippen molar-refractivity contribution in [3.05, 3.63) is 45.7 Å². The number of carbonyl (C=O) groups is 1. The Hall–Kier alpha value is -2.88. The van der Waals surface area contributed by atoms with Crippen LogP contribution in [0.1, 0.15) is 5.56 Å². The number of hydrogen-bond acceptors (Lipinski definition) is 5. The highest BCUT2D eigenvalue weighted by Gasteiger charge is 2.19. The maximum Gasteiger partial charge on any atom is 0.307 e. The lowest BCUT2D eigenvalue weighted by atomic mass is 9.98. The van der Waals surface area contributed by atoms with Crippen molar-refractivity contribution in [2.24, 2.45) is 0 Å². The average molecular weight is 459 g/mol. The van der Waals surface area contributed by atoms with E-state index in [1.165, 1.54) is 0 Å². The number of aromatic amines is 1. The summed E-state index contributed by atoms with van der Waals surface area (Å²) in [7, 11) is 0. The third-order valence-corrected chi connectivity index (χ3v) is 5.32. The normalized spacial score (nSPS) is 11.3. The number of benzene rings is 2. The lowest BCUT2D eigenvalue weighted by Gasteiger charge is -2.13. The predicted molar refractivity (Wildman–Crippen MR) is 110 cm³/mol. The molecule has 0 aliphatic rings. The number of fused-ring (bicyclic) bond motifs is 3. The van der Waals surface area contributed by atoms with Crippen LogP contribution >= 0.6 is 22.6 Å². The Bertz CT molecular complexity index is 1170.